The number of ether oxygens (including phenoxy) is 2. The first kappa shape index (κ1) is 15.0. The number of hydrogen-bond donors (Lipinski definition) is 1. The Morgan fingerprint density at radius 1 is 1.40 bits per heavy atom. The number of esters is 1. The topological polar surface area (TPSA) is 50.8 Å². The van der Waals surface area contributed by atoms with Gasteiger partial charge in [0.25, 0.3) is 0 Å². The third kappa shape index (κ3) is 3.79. The Morgan fingerprint density at radius 3 is 2.80 bits per heavy atom. The van der Waals surface area contributed by atoms with Crippen molar-refractivity contribution in [2.24, 2.45) is 0 Å². The van der Waals surface area contributed by atoms with Crippen molar-refractivity contribution in [3.8, 4) is 0 Å². The smallest absolute Gasteiger partial charge is 0.336 e. The molecule has 1 aliphatic rings. The Balaban J connectivity index is 1.96. The van der Waals surface area contributed by atoms with Gasteiger partial charge in [0.05, 0.1) is 13.2 Å². The van der Waals surface area contributed by atoms with E-state index in [9.17, 15) is 4.79 Å². The highest BCUT2D eigenvalue weighted by atomic mass is 16.6. The Hall–Kier alpha value is -1.43. The van der Waals surface area contributed by atoms with Crippen molar-refractivity contribution in [3.05, 3.63) is 35.9 Å². The van der Waals surface area contributed by atoms with E-state index in [1.807, 2.05) is 18.2 Å². The Bertz CT molecular complexity index is 424. The fourth-order valence-electron chi connectivity index (χ4n) is 2.57. The third-order valence-corrected chi connectivity index (χ3v) is 3.59. The van der Waals surface area contributed by atoms with Crippen LogP contribution in [0.1, 0.15) is 5.56 Å². The average Bonchev–Trinajstić information content (AvgIpc) is 2.49. The van der Waals surface area contributed by atoms with E-state index in [1.54, 1.807) is 7.11 Å². The normalized spacial score (nSPS) is 21.4. The maximum Gasteiger partial charge on any atom is 0.336 e. The molecule has 1 N–H and O–H groups in total. The van der Waals surface area contributed by atoms with Crippen LogP contribution in [-0.4, -0.2) is 56.9 Å². The van der Waals surface area contributed by atoms with Crippen LogP contribution in [0.4, 0.5) is 0 Å². The van der Waals surface area contributed by atoms with E-state index in [-0.39, 0.29) is 12.0 Å². The number of methoxy groups -OCH3 is 2. The number of nitrogens with zero attached hydrogens (tertiary/aromatic N) is 1. The van der Waals surface area contributed by atoms with Gasteiger partial charge in [-0.25, -0.2) is 4.79 Å². The molecule has 0 saturated carbocycles. The molecule has 0 aliphatic carbocycles. The van der Waals surface area contributed by atoms with Crippen LogP contribution < -0.4 is 5.32 Å². The van der Waals surface area contributed by atoms with Crippen molar-refractivity contribution in [2.45, 2.75) is 18.7 Å². The van der Waals surface area contributed by atoms with Gasteiger partial charge in [0.15, 0.2) is 6.10 Å². The van der Waals surface area contributed by atoms with E-state index in [2.05, 4.69) is 22.3 Å². The van der Waals surface area contributed by atoms with E-state index < -0.39 is 6.10 Å². The zero-order valence-corrected chi connectivity index (χ0v) is 12.0. The summed E-state index contributed by atoms with van der Waals surface area (Å²) in [6, 6.07) is 10.3. The maximum absolute atomic E-state index is 11.7. The number of rotatable bonds is 5. The van der Waals surface area contributed by atoms with Crippen molar-refractivity contribution in [2.75, 3.05) is 33.9 Å². The second-order valence-electron chi connectivity index (χ2n) is 4.96. The molecule has 5 heteroatoms. The van der Waals surface area contributed by atoms with Crippen LogP contribution in [-0.2, 0) is 20.8 Å². The number of carbonyl (C=O) groups excluding carboxylic acids is 1. The van der Waals surface area contributed by atoms with Gasteiger partial charge >= 0.3 is 5.97 Å². The first-order chi connectivity index (χ1) is 9.74. The molecule has 0 radical (unpaired) electrons. The molecule has 1 aliphatic heterocycles. The van der Waals surface area contributed by atoms with Gasteiger partial charge < -0.3 is 14.8 Å². The van der Waals surface area contributed by atoms with Crippen molar-refractivity contribution in [1.82, 2.24) is 10.2 Å². The molecule has 1 fully saturated rings. The fraction of sp³-hybridized carbons (Fsp3) is 0.533. The highest BCUT2D eigenvalue weighted by Gasteiger charge is 2.32. The van der Waals surface area contributed by atoms with Crippen molar-refractivity contribution in [3.63, 3.8) is 0 Å². The lowest BCUT2D eigenvalue weighted by Crippen LogP contribution is -2.57. The molecule has 2 rings (SSSR count). The van der Waals surface area contributed by atoms with Crippen LogP contribution >= 0.6 is 0 Å². The van der Waals surface area contributed by atoms with E-state index in [1.165, 1.54) is 12.7 Å². The molecule has 0 unspecified atom stereocenters. The van der Waals surface area contributed by atoms with Crippen molar-refractivity contribution >= 4 is 5.97 Å². The fourth-order valence-corrected chi connectivity index (χ4v) is 2.57. The van der Waals surface area contributed by atoms with Crippen LogP contribution in [0.3, 0.4) is 0 Å². The molecule has 2 atom stereocenters. The molecule has 1 aromatic rings. The van der Waals surface area contributed by atoms with E-state index >= 15 is 0 Å². The van der Waals surface area contributed by atoms with Crippen LogP contribution in [0.5, 0.6) is 0 Å². The Labute approximate surface area is 119 Å². The van der Waals surface area contributed by atoms with Gasteiger partial charge in [-0.3, -0.25) is 4.90 Å². The zero-order valence-electron chi connectivity index (χ0n) is 12.0. The SMILES string of the molecule is COC(=O)[C@H](OC)[C@@H]1CN(Cc2ccccc2)CCN1. The summed E-state index contributed by atoms with van der Waals surface area (Å²) in [6.45, 7) is 3.45. The summed E-state index contributed by atoms with van der Waals surface area (Å²) < 4.78 is 10.1. The van der Waals surface area contributed by atoms with Crippen molar-refractivity contribution in [1.29, 1.82) is 0 Å². The predicted octanol–water partition coefficient (Wildman–Crippen LogP) is 0.648. The maximum atomic E-state index is 11.7. The first-order valence-electron chi connectivity index (χ1n) is 6.85. The van der Waals surface area contributed by atoms with Gasteiger partial charge in [0.1, 0.15) is 0 Å². The van der Waals surface area contributed by atoms with Crippen LogP contribution in [0.2, 0.25) is 0 Å². The largest absolute Gasteiger partial charge is 0.467 e. The quantitative estimate of drug-likeness (QED) is 0.801. The number of piperazine rings is 1. The Morgan fingerprint density at radius 2 is 2.15 bits per heavy atom. The van der Waals surface area contributed by atoms with Gasteiger partial charge in [0, 0.05) is 33.3 Å². The van der Waals surface area contributed by atoms with E-state index in [4.69, 9.17) is 9.47 Å². The van der Waals surface area contributed by atoms with Crippen LogP contribution in [0.25, 0.3) is 0 Å². The van der Waals surface area contributed by atoms with Crippen LogP contribution in [0.15, 0.2) is 30.3 Å². The summed E-state index contributed by atoms with van der Waals surface area (Å²) in [4.78, 5) is 14.0. The number of carbonyl (C=O) groups is 1. The molecule has 0 aromatic heterocycles. The highest BCUT2D eigenvalue weighted by Crippen LogP contribution is 2.11. The molecular formula is C15H22N2O3. The minimum absolute atomic E-state index is 0.0371. The van der Waals surface area contributed by atoms with Gasteiger partial charge in [-0.2, -0.15) is 0 Å². The molecule has 0 amide bonds. The number of nitrogens with one attached hydrogen (secondary N) is 1. The van der Waals surface area contributed by atoms with Crippen molar-refractivity contribution < 1.29 is 14.3 Å². The molecule has 1 heterocycles. The van der Waals surface area contributed by atoms with Gasteiger partial charge in [-0.15, -0.1) is 0 Å². The monoisotopic (exact) mass is 278 g/mol. The first-order valence-corrected chi connectivity index (χ1v) is 6.85. The zero-order chi connectivity index (χ0) is 14.4. The Kier molecular flexibility index (Phi) is 5.52. The average molecular weight is 278 g/mol. The van der Waals surface area contributed by atoms with Gasteiger partial charge in [-0.05, 0) is 5.56 Å². The molecule has 5 nitrogen and oxygen atoms in total. The van der Waals surface area contributed by atoms with Gasteiger partial charge in [0.2, 0.25) is 0 Å². The second kappa shape index (κ2) is 7.38. The number of benzene rings is 1. The van der Waals surface area contributed by atoms with Gasteiger partial charge in [-0.1, -0.05) is 30.3 Å². The lowest BCUT2D eigenvalue weighted by Gasteiger charge is -2.36. The van der Waals surface area contributed by atoms with E-state index in [0.717, 1.165) is 26.2 Å². The molecule has 0 bridgehead atoms. The summed E-state index contributed by atoms with van der Waals surface area (Å²) in [5.41, 5.74) is 1.28. The predicted molar refractivity (Wildman–Crippen MR) is 76.3 cm³/mol. The van der Waals surface area contributed by atoms with E-state index in [0.29, 0.717) is 0 Å². The molecular weight excluding hydrogens is 256 g/mol. The highest BCUT2D eigenvalue weighted by molar-refractivity contribution is 5.75. The second-order valence-corrected chi connectivity index (χ2v) is 4.96. The standard InChI is InChI=1S/C15H22N2O3/c1-19-14(15(18)20-2)13-11-17(9-8-16-13)10-12-6-4-3-5-7-12/h3-7,13-14,16H,8-11H2,1-2H3/t13-,14+/m0/s1. The molecule has 0 spiro atoms. The number of hydrogen-bond acceptors (Lipinski definition) is 5. The summed E-state index contributed by atoms with van der Waals surface area (Å²) in [5, 5.41) is 3.33. The lowest BCUT2D eigenvalue weighted by molar-refractivity contribution is -0.155. The van der Waals surface area contributed by atoms with Crippen LogP contribution in [0, 0.1) is 0 Å². The summed E-state index contributed by atoms with van der Waals surface area (Å²) in [5.74, 6) is -0.327. The summed E-state index contributed by atoms with van der Waals surface area (Å²) in [6.07, 6.45) is -0.557. The molecule has 110 valence electrons. The summed E-state index contributed by atoms with van der Waals surface area (Å²) >= 11 is 0. The molecule has 20 heavy (non-hydrogen) atoms. The molecule has 1 aromatic carbocycles. The summed E-state index contributed by atoms with van der Waals surface area (Å²) in [7, 11) is 2.93. The molecule has 1 saturated heterocycles. The third-order valence-electron chi connectivity index (χ3n) is 3.59. The lowest BCUT2D eigenvalue weighted by atomic mass is 10.1. The minimum atomic E-state index is -0.557. The minimum Gasteiger partial charge on any atom is -0.467 e.